The van der Waals surface area contributed by atoms with Crippen LogP contribution >= 0.6 is 0 Å². The van der Waals surface area contributed by atoms with Crippen molar-refractivity contribution in [2.45, 2.75) is 58.8 Å². The van der Waals surface area contributed by atoms with E-state index in [2.05, 4.69) is 6.92 Å². The summed E-state index contributed by atoms with van der Waals surface area (Å²) in [7, 11) is 0. The lowest BCUT2D eigenvalue weighted by molar-refractivity contribution is -0.132. The van der Waals surface area contributed by atoms with Crippen molar-refractivity contribution in [3.8, 4) is 11.5 Å². The van der Waals surface area contributed by atoms with Gasteiger partial charge in [0, 0.05) is 5.57 Å². The van der Waals surface area contributed by atoms with Crippen molar-refractivity contribution in [2.75, 3.05) is 6.61 Å². The molecule has 5 heteroatoms. The molecule has 0 aliphatic heterocycles. The maximum absolute atomic E-state index is 12.3. The van der Waals surface area contributed by atoms with Gasteiger partial charge in [-0.1, -0.05) is 57.6 Å². The molecule has 0 spiro atoms. The van der Waals surface area contributed by atoms with Gasteiger partial charge in [-0.05, 0) is 61.4 Å². The van der Waals surface area contributed by atoms with Crippen molar-refractivity contribution in [3.05, 3.63) is 65.2 Å². The quantitative estimate of drug-likeness (QED) is 0.171. The zero-order chi connectivity index (χ0) is 22.5. The van der Waals surface area contributed by atoms with Gasteiger partial charge in [0.15, 0.2) is 0 Å². The fourth-order valence-corrected chi connectivity index (χ4v) is 3.05. The Hall–Kier alpha value is -3.08. The standard InChI is InChI=1S/C26H32O5/c1-3-4-5-6-7-8-9-18-30-23-16-12-22(13-17-23)26(29)31-24-14-10-21(11-15-24)19-20(2)25(27)28/h10-17,19H,3-9,18H2,1-2H3,(H,27,28). The Morgan fingerprint density at radius 2 is 1.42 bits per heavy atom. The molecule has 166 valence electrons. The molecule has 0 radical (unpaired) electrons. The first-order valence-electron chi connectivity index (χ1n) is 11.0. The van der Waals surface area contributed by atoms with Gasteiger partial charge in [0.05, 0.1) is 12.2 Å². The molecule has 5 nitrogen and oxygen atoms in total. The molecule has 1 N–H and O–H groups in total. The lowest BCUT2D eigenvalue weighted by Crippen LogP contribution is -2.08. The second kappa shape index (κ2) is 13.3. The molecule has 2 aromatic rings. The zero-order valence-electron chi connectivity index (χ0n) is 18.4. The van der Waals surface area contributed by atoms with Gasteiger partial charge in [0.2, 0.25) is 0 Å². The van der Waals surface area contributed by atoms with E-state index in [-0.39, 0.29) is 5.57 Å². The van der Waals surface area contributed by atoms with Crippen LogP contribution in [0, 0.1) is 0 Å². The highest BCUT2D eigenvalue weighted by Gasteiger charge is 2.09. The van der Waals surface area contributed by atoms with Crippen LogP contribution in [0.4, 0.5) is 0 Å². The van der Waals surface area contributed by atoms with Crippen molar-refractivity contribution in [1.29, 1.82) is 0 Å². The molecule has 0 unspecified atom stereocenters. The van der Waals surface area contributed by atoms with Crippen molar-refractivity contribution in [1.82, 2.24) is 0 Å². The van der Waals surface area contributed by atoms with E-state index in [9.17, 15) is 9.59 Å². The highest BCUT2D eigenvalue weighted by atomic mass is 16.5. The van der Waals surface area contributed by atoms with Crippen LogP contribution in [0.3, 0.4) is 0 Å². The Labute approximate surface area is 184 Å². The minimum Gasteiger partial charge on any atom is -0.494 e. The Morgan fingerprint density at radius 3 is 2.03 bits per heavy atom. The van der Waals surface area contributed by atoms with Crippen LogP contribution in [-0.4, -0.2) is 23.7 Å². The van der Waals surface area contributed by atoms with E-state index < -0.39 is 11.9 Å². The predicted molar refractivity (Wildman–Crippen MR) is 123 cm³/mol. The number of benzene rings is 2. The summed E-state index contributed by atoms with van der Waals surface area (Å²) in [5.74, 6) is -0.282. The van der Waals surface area contributed by atoms with Gasteiger partial charge < -0.3 is 14.6 Å². The van der Waals surface area contributed by atoms with Crippen LogP contribution in [0.2, 0.25) is 0 Å². The number of aliphatic carboxylic acids is 1. The summed E-state index contributed by atoms with van der Waals surface area (Å²) in [5.41, 5.74) is 1.40. The van der Waals surface area contributed by atoms with Gasteiger partial charge in [0.1, 0.15) is 11.5 Å². The fourth-order valence-electron chi connectivity index (χ4n) is 3.05. The molecule has 0 saturated heterocycles. The smallest absolute Gasteiger partial charge is 0.343 e. The van der Waals surface area contributed by atoms with Crippen LogP contribution in [0.1, 0.15) is 74.7 Å². The van der Waals surface area contributed by atoms with E-state index in [0.717, 1.165) is 17.7 Å². The number of carbonyl (C=O) groups is 2. The van der Waals surface area contributed by atoms with Gasteiger partial charge in [-0.25, -0.2) is 9.59 Å². The number of carboxylic acid groups (broad SMARTS) is 1. The number of carbonyl (C=O) groups excluding carboxylic acids is 1. The van der Waals surface area contributed by atoms with Gasteiger partial charge in [-0.3, -0.25) is 0 Å². The third kappa shape index (κ3) is 9.08. The number of rotatable bonds is 13. The van der Waals surface area contributed by atoms with Crippen molar-refractivity contribution in [2.24, 2.45) is 0 Å². The monoisotopic (exact) mass is 424 g/mol. The minimum absolute atomic E-state index is 0.235. The number of unbranched alkanes of at least 4 members (excludes halogenated alkanes) is 6. The Bertz CT molecular complexity index is 850. The molecule has 0 aromatic heterocycles. The second-order valence-corrected chi connectivity index (χ2v) is 7.59. The summed E-state index contributed by atoms with van der Waals surface area (Å²) in [5, 5.41) is 8.92. The molecule has 0 fully saturated rings. The van der Waals surface area contributed by atoms with E-state index in [0.29, 0.717) is 17.9 Å². The summed E-state index contributed by atoms with van der Waals surface area (Å²) < 4.78 is 11.1. The van der Waals surface area contributed by atoms with Crippen LogP contribution in [0.25, 0.3) is 6.08 Å². The molecular weight excluding hydrogens is 392 g/mol. The third-order valence-electron chi connectivity index (χ3n) is 4.92. The van der Waals surface area contributed by atoms with E-state index >= 15 is 0 Å². The number of hydrogen-bond donors (Lipinski definition) is 1. The molecule has 0 bridgehead atoms. The van der Waals surface area contributed by atoms with E-state index in [1.165, 1.54) is 45.4 Å². The summed E-state index contributed by atoms with van der Waals surface area (Å²) >= 11 is 0. The normalized spacial score (nSPS) is 11.2. The van der Waals surface area contributed by atoms with Crippen LogP contribution < -0.4 is 9.47 Å². The van der Waals surface area contributed by atoms with Gasteiger partial charge >= 0.3 is 11.9 Å². The Balaban J connectivity index is 1.76. The lowest BCUT2D eigenvalue weighted by atomic mass is 10.1. The SMILES string of the molecule is CCCCCCCCCOc1ccc(C(=O)Oc2ccc(C=C(C)C(=O)O)cc2)cc1. The maximum Gasteiger partial charge on any atom is 0.343 e. The highest BCUT2D eigenvalue weighted by molar-refractivity contribution is 5.92. The predicted octanol–water partition coefficient (Wildman–Crippen LogP) is 6.52. The molecule has 2 rings (SSSR count). The molecule has 0 saturated carbocycles. The molecular formula is C26H32O5. The number of ether oxygens (including phenoxy) is 2. The van der Waals surface area contributed by atoms with E-state index in [1.807, 2.05) is 0 Å². The van der Waals surface area contributed by atoms with Crippen molar-refractivity contribution >= 4 is 18.0 Å². The molecule has 0 atom stereocenters. The Kier molecular flexibility index (Phi) is 10.4. The fraction of sp³-hybridized carbons (Fsp3) is 0.385. The zero-order valence-corrected chi connectivity index (χ0v) is 18.4. The molecule has 31 heavy (non-hydrogen) atoms. The van der Waals surface area contributed by atoms with Crippen LogP contribution in [0.5, 0.6) is 11.5 Å². The summed E-state index contributed by atoms with van der Waals surface area (Å²) in [6.07, 6.45) is 10.2. The summed E-state index contributed by atoms with van der Waals surface area (Å²) in [6, 6.07) is 13.6. The lowest BCUT2D eigenvalue weighted by Gasteiger charge is -2.08. The second-order valence-electron chi connectivity index (χ2n) is 7.59. The van der Waals surface area contributed by atoms with Gasteiger partial charge in [-0.15, -0.1) is 0 Å². The Morgan fingerprint density at radius 1 is 0.839 bits per heavy atom. The third-order valence-corrected chi connectivity index (χ3v) is 4.92. The van der Waals surface area contributed by atoms with E-state index in [4.69, 9.17) is 14.6 Å². The molecule has 0 aliphatic carbocycles. The topological polar surface area (TPSA) is 72.8 Å². The average Bonchev–Trinajstić information content (AvgIpc) is 2.77. The van der Waals surface area contributed by atoms with Crippen LogP contribution in [-0.2, 0) is 4.79 Å². The average molecular weight is 425 g/mol. The van der Waals surface area contributed by atoms with E-state index in [1.54, 1.807) is 54.6 Å². The first-order valence-corrected chi connectivity index (χ1v) is 11.0. The minimum atomic E-state index is -0.967. The first-order chi connectivity index (χ1) is 15.0. The first kappa shape index (κ1) is 24.2. The van der Waals surface area contributed by atoms with Crippen LogP contribution in [0.15, 0.2) is 54.1 Å². The molecule has 0 aliphatic rings. The molecule has 0 heterocycles. The van der Waals surface area contributed by atoms with Crippen molar-refractivity contribution in [3.63, 3.8) is 0 Å². The molecule has 2 aromatic carbocycles. The summed E-state index contributed by atoms with van der Waals surface area (Å²) in [6.45, 7) is 4.43. The number of esters is 1. The van der Waals surface area contributed by atoms with Crippen molar-refractivity contribution < 1.29 is 24.2 Å². The number of carboxylic acids is 1. The summed E-state index contributed by atoms with van der Waals surface area (Å²) in [4.78, 5) is 23.2. The number of hydrogen-bond acceptors (Lipinski definition) is 4. The largest absolute Gasteiger partial charge is 0.494 e. The molecule has 0 amide bonds. The van der Waals surface area contributed by atoms with Gasteiger partial charge in [-0.2, -0.15) is 0 Å². The maximum atomic E-state index is 12.3. The van der Waals surface area contributed by atoms with Gasteiger partial charge in [0.25, 0.3) is 0 Å². The highest BCUT2D eigenvalue weighted by Crippen LogP contribution is 2.18.